The molecule has 3 aromatic rings. The van der Waals surface area contributed by atoms with Crippen LogP contribution < -0.4 is 11.4 Å². The normalized spacial score (nSPS) is 14.6. The zero-order chi connectivity index (χ0) is 22.7. The van der Waals surface area contributed by atoms with Gasteiger partial charge in [-0.3, -0.25) is 9.36 Å². The number of imidazole rings is 1. The van der Waals surface area contributed by atoms with Crippen LogP contribution in [0.2, 0.25) is 0 Å². The maximum Gasteiger partial charge on any atom is 0.326 e. The molecule has 4 rings (SSSR count). The fourth-order valence-electron chi connectivity index (χ4n) is 4.22. The monoisotopic (exact) mass is 560 g/mol. The largest absolute Gasteiger partial charge is 0.397 e. The van der Waals surface area contributed by atoms with Crippen molar-refractivity contribution in [2.24, 2.45) is 0 Å². The highest BCUT2D eigenvalue weighted by Gasteiger charge is 2.25. The van der Waals surface area contributed by atoms with E-state index in [0.29, 0.717) is 25.2 Å². The number of carbonyl (C=O) groups excluding carboxylic acids is 1. The number of hydrogen-bond acceptors (Lipinski definition) is 3. The molecule has 0 bridgehead atoms. The number of aromatic nitrogens is 2. The van der Waals surface area contributed by atoms with E-state index in [1.54, 1.807) is 4.57 Å². The molecule has 1 fully saturated rings. The van der Waals surface area contributed by atoms with Gasteiger partial charge in [-0.2, -0.15) is 0 Å². The van der Waals surface area contributed by atoms with E-state index in [0.717, 1.165) is 51.4 Å². The van der Waals surface area contributed by atoms with E-state index in [9.17, 15) is 9.59 Å². The minimum absolute atomic E-state index is 0.0885. The number of amides is 1. The number of nitrogens with two attached hydrogens (primary N) is 1. The Balaban J connectivity index is 1.29. The summed E-state index contributed by atoms with van der Waals surface area (Å²) in [4.78, 5) is 30.1. The Morgan fingerprint density at radius 2 is 1.75 bits per heavy atom. The summed E-state index contributed by atoms with van der Waals surface area (Å²) in [6.07, 6.45) is 5.61. The van der Waals surface area contributed by atoms with Crippen LogP contribution in [0.15, 0.2) is 62.4 Å². The van der Waals surface area contributed by atoms with Crippen LogP contribution in [-0.2, 0) is 11.2 Å². The molecular formula is C24H26Br2N4O2. The SMILES string of the molecule is Nc1c(Br)cc(CCCC(=O)N2CCC(n3cc(-c4ccccc4)[nH]c3=O)CC2)cc1Br. The van der Waals surface area contributed by atoms with Crippen molar-refractivity contribution >= 4 is 43.5 Å². The summed E-state index contributed by atoms with van der Waals surface area (Å²) in [7, 11) is 0. The first kappa shape index (κ1) is 22.9. The summed E-state index contributed by atoms with van der Waals surface area (Å²) < 4.78 is 3.53. The van der Waals surface area contributed by atoms with Gasteiger partial charge in [-0.1, -0.05) is 30.3 Å². The van der Waals surface area contributed by atoms with Crippen LogP contribution in [0.5, 0.6) is 0 Å². The number of aryl methyl sites for hydroxylation is 1. The van der Waals surface area contributed by atoms with Crippen LogP contribution >= 0.6 is 31.9 Å². The van der Waals surface area contributed by atoms with E-state index >= 15 is 0 Å². The highest BCUT2D eigenvalue weighted by molar-refractivity contribution is 9.11. The average molecular weight is 562 g/mol. The molecule has 1 amide bonds. The molecular weight excluding hydrogens is 536 g/mol. The van der Waals surface area contributed by atoms with Crippen molar-refractivity contribution in [3.63, 3.8) is 0 Å². The predicted molar refractivity (Wildman–Crippen MR) is 135 cm³/mol. The molecule has 2 aromatic carbocycles. The molecule has 1 aromatic heterocycles. The lowest BCUT2D eigenvalue weighted by atomic mass is 10.0. The van der Waals surface area contributed by atoms with Gasteiger partial charge in [0.05, 0.1) is 11.4 Å². The summed E-state index contributed by atoms with van der Waals surface area (Å²) in [6, 6.07) is 14.0. The minimum atomic E-state index is -0.0885. The zero-order valence-corrected chi connectivity index (χ0v) is 20.9. The summed E-state index contributed by atoms with van der Waals surface area (Å²) in [5.74, 6) is 0.184. The summed E-state index contributed by atoms with van der Waals surface area (Å²) in [6.45, 7) is 1.36. The number of carbonyl (C=O) groups is 1. The van der Waals surface area contributed by atoms with E-state index in [1.165, 1.54) is 0 Å². The lowest BCUT2D eigenvalue weighted by molar-refractivity contribution is -0.132. The maximum absolute atomic E-state index is 12.7. The molecule has 1 aliphatic heterocycles. The lowest BCUT2D eigenvalue weighted by Crippen LogP contribution is -2.40. The molecule has 32 heavy (non-hydrogen) atoms. The third-order valence-electron chi connectivity index (χ3n) is 6.03. The molecule has 0 spiro atoms. The van der Waals surface area contributed by atoms with Crippen LogP contribution in [0, 0.1) is 0 Å². The Hall–Kier alpha value is -2.32. The highest BCUT2D eigenvalue weighted by atomic mass is 79.9. The van der Waals surface area contributed by atoms with Gasteiger partial charge >= 0.3 is 5.69 Å². The topological polar surface area (TPSA) is 84.1 Å². The number of rotatable bonds is 6. The quantitative estimate of drug-likeness (QED) is 0.409. The zero-order valence-electron chi connectivity index (χ0n) is 17.7. The van der Waals surface area contributed by atoms with E-state index in [1.807, 2.05) is 53.6 Å². The second kappa shape index (κ2) is 10.1. The molecule has 8 heteroatoms. The van der Waals surface area contributed by atoms with Crippen LogP contribution in [0.25, 0.3) is 11.3 Å². The number of benzene rings is 2. The molecule has 0 atom stereocenters. The third kappa shape index (κ3) is 5.18. The van der Waals surface area contributed by atoms with Crippen molar-refractivity contribution in [2.75, 3.05) is 18.8 Å². The van der Waals surface area contributed by atoms with Gasteiger partial charge in [0.15, 0.2) is 0 Å². The Bertz CT molecular complexity index is 1130. The number of hydrogen-bond donors (Lipinski definition) is 2. The molecule has 2 heterocycles. The van der Waals surface area contributed by atoms with Crippen LogP contribution in [0.4, 0.5) is 5.69 Å². The van der Waals surface area contributed by atoms with Crippen molar-refractivity contribution in [3.8, 4) is 11.3 Å². The Kier molecular flexibility index (Phi) is 7.20. The summed E-state index contributed by atoms with van der Waals surface area (Å²) in [5, 5.41) is 0. The summed E-state index contributed by atoms with van der Waals surface area (Å²) >= 11 is 6.94. The number of likely N-dealkylation sites (tertiary alicyclic amines) is 1. The van der Waals surface area contributed by atoms with Gasteiger partial charge in [-0.15, -0.1) is 0 Å². The number of nitrogens with zero attached hydrogens (tertiary/aromatic N) is 2. The minimum Gasteiger partial charge on any atom is -0.397 e. The maximum atomic E-state index is 12.7. The molecule has 0 radical (unpaired) electrons. The van der Waals surface area contributed by atoms with Gasteiger partial charge in [-0.05, 0) is 80.8 Å². The van der Waals surface area contributed by atoms with E-state index in [-0.39, 0.29) is 17.6 Å². The first-order valence-corrected chi connectivity index (χ1v) is 12.4. The predicted octanol–water partition coefficient (Wildman–Crippen LogP) is 5.14. The van der Waals surface area contributed by atoms with E-state index in [4.69, 9.17) is 5.73 Å². The van der Waals surface area contributed by atoms with Crippen molar-refractivity contribution < 1.29 is 4.79 Å². The number of anilines is 1. The van der Waals surface area contributed by atoms with Gasteiger partial charge in [0.25, 0.3) is 0 Å². The van der Waals surface area contributed by atoms with Crippen molar-refractivity contribution in [3.05, 3.63) is 73.7 Å². The molecule has 1 saturated heterocycles. The van der Waals surface area contributed by atoms with Crippen LogP contribution in [-0.4, -0.2) is 33.4 Å². The first-order chi connectivity index (χ1) is 15.4. The number of nitrogens with one attached hydrogen (secondary N) is 1. The van der Waals surface area contributed by atoms with E-state index in [2.05, 4.69) is 36.8 Å². The van der Waals surface area contributed by atoms with Gasteiger partial charge in [0.1, 0.15) is 0 Å². The molecule has 0 saturated carbocycles. The average Bonchev–Trinajstić information content (AvgIpc) is 3.19. The fraction of sp³-hybridized carbons (Fsp3) is 0.333. The number of H-pyrrole nitrogens is 1. The standard InChI is InChI=1S/C24H26Br2N4O2/c25-19-13-16(14-20(26)23(19)27)5-4-8-22(31)29-11-9-18(10-12-29)30-15-21(28-24(30)32)17-6-2-1-3-7-17/h1-3,6-7,13-15,18H,4-5,8-12,27H2,(H,28,32). The summed E-state index contributed by atoms with van der Waals surface area (Å²) in [5.41, 5.74) is 9.51. The van der Waals surface area contributed by atoms with Crippen molar-refractivity contribution in [2.45, 2.75) is 38.1 Å². The smallest absolute Gasteiger partial charge is 0.326 e. The van der Waals surface area contributed by atoms with E-state index < -0.39 is 0 Å². The molecule has 168 valence electrons. The second-order valence-electron chi connectivity index (χ2n) is 8.18. The molecule has 6 nitrogen and oxygen atoms in total. The fourth-order valence-corrected chi connectivity index (χ4v) is 5.50. The van der Waals surface area contributed by atoms with Gasteiger partial charge in [0.2, 0.25) is 5.91 Å². The highest BCUT2D eigenvalue weighted by Crippen LogP contribution is 2.30. The Morgan fingerprint density at radius 1 is 1.09 bits per heavy atom. The van der Waals surface area contributed by atoms with Crippen LogP contribution in [0.1, 0.15) is 37.3 Å². The third-order valence-corrected chi connectivity index (χ3v) is 7.35. The van der Waals surface area contributed by atoms with Gasteiger partial charge < -0.3 is 15.6 Å². The molecule has 3 N–H and O–H groups in total. The number of piperidine rings is 1. The lowest BCUT2D eigenvalue weighted by Gasteiger charge is -2.32. The van der Waals surface area contributed by atoms with Crippen LogP contribution in [0.3, 0.4) is 0 Å². The van der Waals surface area contributed by atoms with Gasteiger partial charge in [-0.25, -0.2) is 4.79 Å². The first-order valence-electron chi connectivity index (χ1n) is 10.8. The number of nitrogen functional groups attached to an aromatic ring is 1. The molecule has 0 aliphatic carbocycles. The van der Waals surface area contributed by atoms with Gasteiger partial charge in [0, 0.05) is 40.7 Å². The second-order valence-corrected chi connectivity index (χ2v) is 9.89. The molecule has 0 unspecified atom stereocenters. The molecule has 1 aliphatic rings. The number of aromatic amines is 1. The van der Waals surface area contributed by atoms with Crippen molar-refractivity contribution in [1.82, 2.24) is 14.5 Å². The van der Waals surface area contributed by atoms with Crippen molar-refractivity contribution in [1.29, 1.82) is 0 Å². The Morgan fingerprint density at radius 3 is 2.41 bits per heavy atom. The Labute approximate surface area is 204 Å². The number of halogens is 2.